The molecule has 3 aromatic rings. The molecule has 2 aromatic carbocycles. The van der Waals surface area contributed by atoms with E-state index in [1.54, 1.807) is 43.3 Å². The summed E-state index contributed by atoms with van der Waals surface area (Å²) in [5, 5.41) is -0.261. The maximum Gasteiger partial charge on any atom is 0.324 e. The Kier molecular flexibility index (Phi) is 7.59. The van der Waals surface area contributed by atoms with Gasteiger partial charge in [0.15, 0.2) is 5.76 Å². The molecule has 8 heteroatoms. The Morgan fingerprint density at radius 2 is 1.65 bits per heavy atom. The predicted octanol–water partition coefficient (Wildman–Crippen LogP) is 4.41. The Labute approximate surface area is 182 Å². The Bertz CT molecular complexity index is 1100. The van der Waals surface area contributed by atoms with E-state index < -0.39 is 22.0 Å². The van der Waals surface area contributed by atoms with E-state index >= 15 is 0 Å². The molecule has 0 saturated carbocycles. The molecule has 1 heterocycles. The van der Waals surface area contributed by atoms with Gasteiger partial charge in [0.1, 0.15) is 6.04 Å². The highest BCUT2D eigenvalue weighted by Gasteiger charge is 2.32. The van der Waals surface area contributed by atoms with Crippen LogP contribution < -0.4 is 4.72 Å². The molecule has 0 fully saturated rings. The van der Waals surface area contributed by atoms with E-state index in [0.29, 0.717) is 24.0 Å². The summed E-state index contributed by atoms with van der Waals surface area (Å²) in [7, 11) is -4.17. The van der Waals surface area contributed by atoms with Gasteiger partial charge in [0.05, 0.1) is 6.61 Å². The molecule has 1 unspecified atom stereocenters. The molecule has 0 aliphatic carbocycles. The number of carbonyl (C=O) groups is 1. The van der Waals surface area contributed by atoms with Crippen LogP contribution >= 0.6 is 0 Å². The minimum Gasteiger partial charge on any atom is -0.465 e. The van der Waals surface area contributed by atoms with Crippen molar-refractivity contribution in [2.24, 2.45) is 0 Å². The van der Waals surface area contributed by atoms with Gasteiger partial charge >= 0.3 is 5.97 Å². The topological polar surface area (TPSA) is 98.5 Å². The van der Waals surface area contributed by atoms with E-state index in [4.69, 9.17) is 9.15 Å². The van der Waals surface area contributed by atoms with Crippen molar-refractivity contribution in [3.63, 3.8) is 0 Å². The van der Waals surface area contributed by atoms with Crippen molar-refractivity contribution in [3.05, 3.63) is 60.7 Å². The lowest BCUT2D eigenvalue weighted by Gasteiger charge is -2.16. The van der Waals surface area contributed by atoms with E-state index in [1.165, 1.54) is 0 Å². The summed E-state index contributed by atoms with van der Waals surface area (Å²) < 4.78 is 40.1. The summed E-state index contributed by atoms with van der Waals surface area (Å²) in [5.41, 5.74) is 1.22. The van der Waals surface area contributed by atoms with Gasteiger partial charge < -0.3 is 9.15 Å². The number of sulfonamides is 1. The van der Waals surface area contributed by atoms with Crippen LogP contribution in [0.3, 0.4) is 0 Å². The first-order valence-electron chi connectivity index (χ1n) is 10.3. The standard InChI is InChI=1S/C23H26N2O5S/c1-3-5-16-19(23(26)29-4-2)25-31(27,28)22-20(17-12-8-6-9-13-17)30-21(24-22)18-14-10-7-11-15-18/h6-15,19,25H,3-5,16H2,1-2H3. The average Bonchev–Trinajstić information content (AvgIpc) is 3.25. The quantitative estimate of drug-likeness (QED) is 0.467. The van der Waals surface area contributed by atoms with Crippen molar-refractivity contribution >= 4 is 16.0 Å². The Morgan fingerprint density at radius 3 is 2.23 bits per heavy atom. The van der Waals surface area contributed by atoms with Crippen LogP contribution in [0.2, 0.25) is 0 Å². The molecule has 1 N–H and O–H groups in total. The van der Waals surface area contributed by atoms with Crippen LogP contribution in [0.25, 0.3) is 22.8 Å². The molecule has 0 aliphatic rings. The van der Waals surface area contributed by atoms with Crippen LogP contribution in [0.15, 0.2) is 70.1 Å². The molecule has 1 atom stereocenters. The number of carbonyl (C=O) groups excluding carboxylic acids is 1. The molecule has 0 amide bonds. The molecule has 0 spiro atoms. The third-order valence-electron chi connectivity index (χ3n) is 4.62. The van der Waals surface area contributed by atoms with Crippen LogP contribution in [-0.4, -0.2) is 32.0 Å². The van der Waals surface area contributed by atoms with E-state index in [1.807, 2.05) is 31.2 Å². The number of nitrogens with zero attached hydrogens (tertiary/aromatic N) is 1. The van der Waals surface area contributed by atoms with Gasteiger partial charge in [0.25, 0.3) is 10.0 Å². The van der Waals surface area contributed by atoms with Crippen LogP contribution in [0.1, 0.15) is 33.1 Å². The summed E-state index contributed by atoms with van der Waals surface area (Å²) in [4.78, 5) is 16.6. The van der Waals surface area contributed by atoms with Gasteiger partial charge in [-0.25, -0.2) is 8.42 Å². The lowest BCUT2D eigenvalue weighted by atomic mass is 10.1. The average molecular weight is 443 g/mol. The zero-order chi connectivity index (χ0) is 22.3. The molecule has 31 heavy (non-hydrogen) atoms. The number of oxazole rings is 1. The summed E-state index contributed by atoms with van der Waals surface area (Å²) in [6, 6.07) is 16.9. The van der Waals surface area contributed by atoms with Crippen molar-refractivity contribution in [3.8, 4) is 22.8 Å². The SMILES string of the molecule is CCCCC(NS(=O)(=O)c1nc(-c2ccccc2)oc1-c1ccccc1)C(=O)OCC. The smallest absolute Gasteiger partial charge is 0.324 e. The molecule has 1 aromatic heterocycles. The number of unbranched alkanes of at least 4 members (excludes halogenated alkanes) is 1. The van der Waals surface area contributed by atoms with E-state index in [0.717, 1.165) is 6.42 Å². The molecule has 0 radical (unpaired) electrons. The van der Waals surface area contributed by atoms with Crippen molar-refractivity contribution in [2.45, 2.75) is 44.2 Å². The van der Waals surface area contributed by atoms with Gasteiger partial charge in [-0.05, 0) is 25.5 Å². The molecule has 0 bridgehead atoms. The summed E-state index contributed by atoms with van der Waals surface area (Å²) in [6.45, 7) is 3.81. The third-order valence-corrected chi connectivity index (χ3v) is 6.00. The fraction of sp³-hybridized carbons (Fsp3) is 0.304. The van der Waals surface area contributed by atoms with Crippen molar-refractivity contribution in [1.29, 1.82) is 0 Å². The van der Waals surface area contributed by atoms with Gasteiger partial charge in [-0.1, -0.05) is 68.3 Å². The second kappa shape index (κ2) is 10.4. The summed E-state index contributed by atoms with van der Waals surface area (Å²) >= 11 is 0. The van der Waals surface area contributed by atoms with Gasteiger partial charge in [-0.3, -0.25) is 4.79 Å². The molecule has 0 saturated heterocycles. The number of hydrogen-bond donors (Lipinski definition) is 1. The number of benzene rings is 2. The van der Waals surface area contributed by atoms with Gasteiger partial charge in [-0.2, -0.15) is 9.71 Å². The summed E-state index contributed by atoms with van der Waals surface area (Å²) in [5.74, 6) is -0.307. The lowest BCUT2D eigenvalue weighted by Crippen LogP contribution is -2.42. The Morgan fingerprint density at radius 1 is 1.03 bits per heavy atom. The maximum atomic E-state index is 13.3. The van der Waals surface area contributed by atoms with Gasteiger partial charge in [0.2, 0.25) is 10.9 Å². The molecule has 7 nitrogen and oxygen atoms in total. The van der Waals surface area contributed by atoms with Crippen LogP contribution in [0.5, 0.6) is 0 Å². The molecular formula is C23H26N2O5S. The first-order valence-corrected chi connectivity index (χ1v) is 11.7. The lowest BCUT2D eigenvalue weighted by molar-refractivity contribution is -0.145. The number of hydrogen-bond acceptors (Lipinski definition) is 6. The van der Waals surface area contributed by atoms with E-state index in [2.05, 4.69) is 9.71 Å². The van der Waals surface area contributed by atoms with Crippen LogP contribution in [-0.2, 0) is 19.6 Å². The number of ether oxygens (including phenoxy) is 1. The highest BCUT2D eigenvalue weighted by Crippen LogP contribution is 2.32. The number of rotatable bonds is 10. The molecule has 0 aliphatic heterocycles. The highest BCUT2D eigenvalue weighted by molar-refractivity contribution is 7.89. The zero-order valence-electron chi connectivity index (χ0n) is 17.6. The van der Waals surface area contributed by atoms with Crippen molar-refractivity contribution in [2.75, 3.05) is 6.61 Å². The van der Waals surface area contributed by atoms with Crippen molar-refractivity contribution < 1.29 is 22.4 Å². The van der Waals surface area contributed by atoms with E-state index in [-0.39, 0.29) is 23.3 Å². The minimum atomic E-state index is -4.17. The number of esters is 1. The first-order chi connectivity index (χ1) is 15.0. The Hall–Kier alpha value is -2.97. The normalized spacial score (nSPS) is 12.5. The first kappa shape index (κ1) is 22.7. The predicted molar refractivity (Wildman–Crippen MR) is 118 cm³/mol. The second-order valence-corrected chi connectivity index (χ2v) is 8.58. The van der Waals surface area contributed by atoms with Gasteiger partial charge in [-0.15, -0.1) is 0 Å². The second-order valence-electron chi connectivity index (χ2n) is 6.95. The third kappa shape index (κ3) is 5.59. The fourth-order valence-electron chi connectivity index (χ4n) is 3.08. The summed E-state index contributed by atoms with van der Waals surface area (Å²) in [6.07, 6.45) is 1.82. The molecule has 3 rings (SSSR count). The van der Waals surface area contributed by atoms with Gasteiger partial charge in [0, 0.05) is 11.1 Å². The van der Waals surface area contributed by atoms with Crippen LogP contribution in [0.4, 0.5) is 0 Å². The van der Waals surface area contributed by atoms with Crippen LogP contribution in [0, 0.1) is 0 Å². The maximum absolute atomic E-state index is 13.3. The zero-order valence-corrected chi connectivity index (χ0v) is 18.4. The monoisotopic (exact) mass is 442 g/mol. The molecular weight excluding hydrogens is 416 g/mol. The number of aromatic nitrogens is 1. The fourth-order valence-corrected chi connectivity index (χ4v) is 4.39. The van der Waals surface area contributed by atoms with E-state index in [9.17, 15) is 13.2 Å². The van der Waals surface area contributed by atoms with Crippen molar-refractivity contribution in [1.82, 2.24) is 9.71 Å². The largest absolute Gasteiger partial charge is 0.465 e. The number of nitrogens with one attached hydrogen (secondary N) is 1. The minimum absolute atomic E-state index is 0.116. The Balaban J connectivity index is 2.04. The molecule has 164 valence electrons. The highest BCUT2D eigenvalue weighted by atomic mass is 32.2.